The molecule has 0 unspecified atom stereocenters. The molecule has 0 fully saturated rings. The van der Waals surface area contributed by atoms with Gasteiger partial charge in [-0.15, -0.1) is 0 Å². The summed E-state index contributed by atoms with van der Waals surface area (Å²) in [5.41, 5.74) is 0. The van der Waals surface area contributed by atoms with Gasteiger partial charge in [0, 0.05) is 58.1 Å². The van der Waals surface area contributed by atoms with E-state index < -0.39 is 0 Å². The van der Waals surface area contributed by atoms with Gasteiger partial charge in [-0.25, -0.2) is 0 Å². The number of hydrogen-bond donors (Lipinski definition) is 0. The van der Waals surface area contributed by atoms with Gasteiger partial charge < -0.3 is 9.47 Å². The molecule has 0 saturated heterocycles. The largest absolute Gasteiger partial charge is 0.385 e. The Hall–Kier alpha value is 1.38. The second-order valence-corrected chi connectivity index (χ2v) is 2.67. The first-order chi connectivity index (χ1) is 6.76. The molecule has 0 atom stereocenters. The van der Waals surface area contributed by atoms with Gasteiger partial charge in [-0.05, 0) is 19.3 Å². The van der Waals surface area contributed by atoms with Crippen molar-refractivity contribution in [1.29, 1.82) is 0 Å². The predicted octanol–water partition coefficient (Wildman–Crippen LogP) is 4.64. The van der Waals surface area contributed by atoms with E-state index >= 15 is 0 Å². The Kier molecular flexibility index (Phi) is 35.4. The first kappa shape index (κ1) is 20.8. The number of rotatable bonds is 5. The molecule has 0 aliphatic rings. The first-order valence-corrected chi connectivity index (χ1v) is 11.2. The smallest absolute Gasteiger partial charge is 0.0566 e. The molecule has 0 bridgehead atoms. The molecule has 90 valence electrons. The lowest BCUT2D eigenvalue weighted by molar-refractivity contribution is 0.0964. The molecule has 0 heterocycles. The van der Waals surface area contributed by atoms with Crippen LogP contribution in [-0.2, 0) is 9.47 Å². The minimum Gasteiger partial charge on any atom is -0.385 e. The van der Waals surface area contributed by atoms with Crippen molar-refractivity contribution in [1.82, 2.24) is 0 Å². The van der Waals surface area contributed by atoms with Crippen molar-refractivity contribution in [2.75, 3.05) is 20.8 Å². The molecule has 0 radical (unpaired) electrons. The minimum absolute atomic E-state index is 0.486. The lowest BCUT2D eigenvalue weighted by atomic mass is 10.2. The van der Waals surface area contributed by atoms with Crippen molar-refractivity contribution >= 4 is 37.2 Å². The Morgan fingerprint density at radius 2 is 1.43 bits per heavy atom. The van der Waals surface area contributed by atoms with Crippen molar-refractivity contribution in [3.8, 4) is 0 Å². The second kappa shape index (κ2) is 23.9. The monoisotopic (exact) mass is 430 g/mol. The highest BCUT2D eigenvalue weighted by atomic mass is 128. The maximum absolute atomic E-state index is 5.05. The van der Waals surface area contributed by atoms with Crippen LogP contribution in [0.4, 0.5) is 0 Å². The normalized spacial score (nSPS) is 8.57. The third-order valence-electron chi connectivity index (χ3n) is 1.65. The molecule has 0 spiro atoms. The van der Waals surface area contributed by atoms with Crippen molar-refractivity contribution in [2.24, 2.45) is 0 Å². The highest BCUT2D eigenvalue weighted by Gasteiger charge is 1.96. The van der Waals surface area contributed by atoms with Crippen LogP contribution in [0.25, 0.3) is 0 Å². The van der Waals surface area contributed by atoms with Crippen molar-refractivity contribution < 1.29 is 9.47 Å². The molecule has 0 N–H and O–H groups in total. The Labute approximate surface area is 113 Å². The highest BCUT2D eigenvalue weighted by molar-refractivity contribution is 15.0. The van der Waals surface area contributed by atoms with Crippen LogP contribution in [0.2, 0.25) is 0 Å². The van der Waals surface area contributed by atoms with Crippen LogP contribution < -0.4 is 0 Å². The maximum atomic E-state index is 5.05. The summed E-state index contributed by atoms with van der Waals surface area (Å²) in [5, 5.41) is 0. The van der Waals surface area contributed by atoms with Gasteiger partial charge in [0.25, 0.3) is 0 Å². The van der Waals surface area contributed by atoms with Crippen LogP contribution in [0, 0.1) is 0 Å². The number of ether oxygens (including phenoxy) is 2. The standard InChI is InChI=1S/C6H14O.C4H10O.I2/c1-4-6(5-2)7-3;1-3-4-5-2;1-2/h6H,4-5H2,1-3H3;3-4H2,1-2H3;. The Balaban J connectivity index is -0.000000152. The molecule has 0 amide bonds. The molecule has 14 heavy (non-hydrogen) atoms. The molecule has 0 aliphatic carbocycles. The fourth-order valence-corrected chi connectivity index (χ4v) is 0.826. The van der Waals surface area contributed by atoms with Gasteiger partial charge in [-0.1, -0.05) is 20.8 Å². The van der Waals surface area contributed by atoms with E-state index in [4.69, 9.17) is 9.47 Å². The van der Waals surface area contributed by atoms with E-state index in [0.717, 1.165) is 25.9 Å². The van der Waals surface area contributed by atoms with Gasteiger partial charge in [-0.2, -0.15) is 0 Å². The van der Waals surface area contributed by atoms with E-state index in [-0.39, 0.29) is 0 Å². The number of methoxy groups -OCH3 is 2. The van der Waals surface area contributed by atoms with Crippen molar-refractivity contribution in [3.63, 3.8) is 0 Å². The molecule has 0 saturated carbocycles. The first-order valence-electron chi connectivity index (χ1n) is 4.92. The van der Waals surface area contributed by atoms with Crippen LogP contribution in [-0.4, -0.2) is 26.9 Å². The third-order valence-corrected chi connectivity index (χ3v) is 1.65. The SMILES string of the molecule is CCC(CC)OC.CCCOC.II. The zero-order valence-corrected chi connectivity index (χ0v) is 14.3. The molecular weight excluding hydrogens is 406 g/mol. The fourth-order valence-electron chi connectivity index (χ4n) is 0.826. The van der Waals surface area contributed by atoms with E-state index in [9.17, 15) is 0 Å². The Bertz CT molecular complexity index is 61.6. The quantitative estimate of drug-likeness (QED) is 0.593. The summed E-state index contributed by atoms with van der Waals surface area (Å²) in [6, 6.07) is 0. The summed E-state index contributed by atoms with van der Waals surface area (Å²) >= 11 is 4.24. The topological polar surface area (TPSA) is 18.5 Å². The molecule has 0 rings (SSSR count). The van der Waals surface area contributed by atoms with Gasteiger partial charge in [0.1, 0.15) is 0 Å². The second-order valence-electron chi connectivity index (χ2n) is 2.67. The average Bonchev–Trinajstić information content (AvgIpc) is 2.25. The van der Waals surface area contributed by atoms with Crippen molar-refractivity contribution in [2.45, 2.75) is 46.1 Å². The van der Waals surface area contributed by atoms with E-state index in [0.29, 0.717) is 6.10 Å². The molecular formula is C10H24I2O2. The van der Waals surface area contributed by atoms with Crippen LogP contribution in [0.3, 0.4) is 0 Å². The Morgan fingerprint density at radius 3 is 1.43 bits per heavy atom. The summed E-state index contributed by atoms with van der Waals surface area (Å²) in [4.78, 5) is 0. The Morgan fingerprint density at radius 1 is 1.00 bits per heavy atom. The number of halogens is 2. The number of hydrogen-bond acceptors (Lipinski definition) is 2. The molecule has 0 aromatic carbocycles. The summed E-state index contributed by atoms with van der Waals surface area (Å²) in [6.07, 6.45) is 3.87. The van der Waals surface area contributed by atoms with E-state index in [1.54, 1.807) is 14.2 Å². The van der Waals surface area contributed by atoms with Crippen molar-refractivity contribution in [3.05, 3.63) is 0 Å². The average molecular weight is 430 g/mol. The maximum Gasteiger partial charge on any atom is 0.0566 e. The molecule has 2 nitrogen and oxygen atoms in total. The lowest BCUT2D eigenvalue weighted by Crippen LogP contribution is -2.05. The predicted molar refractivity (Wildman–Crippen MR) is 81.6 cm³/mol. The highest BCUT2D eigenvalue weighted by Crippen LogP contribution is 1.98. The zero-order chi connectivity index (χ0) is 11.8. The summed E-state index contributed by atoms with van der Waals surface area (Å²) in [6.45, 7) is 7.25. The molecule has 4 heteroatoms. The van der Waals surface area contributed by atoms with Gasteiger partial charge in [0.2, 0.25) is 0 Å². The zero-order valence-electron chi connectivity index (χ0n) is 9.98. The minimum atomic E-state index is 0.486. The van der Waals surface area contributed by atoms with Crippen LogP contribution in [0.5, 0.6) is 0 Å². The van der Waals surface area contributed by atoms with E-state index in [2.05, 4.69) is 58.0 Å². The van der Waals surface area contributed by atoms with Crippen LogP contribution >= 0.6 is 37.2 Å². The summed E-state index contributed by atoms with van der Waals surface area (Å²) in [5.74, 6) is 0. The summed E-state index contributed by atoms with van der Waals surface area (Å²) < 4.78 is 9.74. The summed E-state index contributed by atoms with van der Waals surface area (Å²) in [7, 11) is 3.47. The fraction of sp³-hybridized carbons (Fsp3) is 1.00. The van der Waals surface area contributed by atoms with Gasteiger partial charge in [-0.3, -0.25) is 0 Å². The van der Waals surface area contributed by atoms with E-state index in [1.807, 2.05) is 0 Å². The van der Waals surface area contributed by atoms with Gasteiger partial charge in [0.05, 0.1) is 6.10 Å². The van der Waals surface area contributed by atoms with Crippen LogP contribution in [0.1, 0.15) is 40.0 Å². The van der Waals surface area contributed by atoms with Gasteiger partial charge in [0.15, 0.2) is 0 Å². The van der Waals surface area contributed by atoms with Crippen LogP contribution in [0.15, 0.2) is 0 Å². The third kappa shape index (κ3) is 23.3. The lowest BCUT2D eigenvalue weighted by Gasteiger charge is -2.07. The molecule has 0 aromatic rings. The van der Waals surface area contributed by atoms with E-state index in [1.165, 1.54) is 0 Å². The molecule has 0 aromatic heterocycles. The van der Waals surface area contributed by atoms with Gasteiger partial charge >= 0.3 is 0 Å². The molecule has 0 aliphatic heterocycles.